The summed E-state index contributed by atoms with van der Waals surface area (Å²) in [7, 11) is 0. The summed E-state index contributed by atoms with van der Waals surface area (Å²) in [4.78, 5) is 32.5. The highest BCUT2D eigenvalue weighted by atomic mass is 35.5. The van der Waals surface area contributed by atoms with Crippen LogP contribution < -0.4 is 5.32 Å². The van der Waals surface area contributed by atoms with Crippen LogP contribution in [0.2, 0.25) is 5.02 Å². The number of benzene rings is 2. The fourth-order valence-corrected chi connectivity index (χ4v) is 2.68. The summed E-state index contributed by atoms with van der Waals surface area (Å²) in [5, 5.41) is 3.47. The van der Waals surface area contributed by atoms with E-state index in [1.54, 1.807) is 18.3 Å². The molecule has 0 radical (unpaired) electrons. The molecule has 0 aliphatic carbocycles. The smallest absolute Gasteiger partial charge is 0.326 e. The Morgan fingerprint density at radius 3 is 2.44 bits per heavy atom. The number of anilines is 1. The average molecular weight is 381 g/mol. The molecule has 0 aliphatic rings. The second-order valence-electron chi connectivity index (χ2n) is 5.58. The Bertz CT molecular complexity index is 923. The van der Waals surface area contributed by atoms with Crippen LogP contribution >= 0.6 is 11.6 Å². The van der Waals surface area contributed by atoms with Crippen molar-refractivity contribution in [3.05, 3.63) is 83.6 Å². The lowest BCUT2D eigenvalue weighted by atomic mass is 10.0. The van der Waals surface area contributed by atoms with Crippen molar-refractivity contribution in [3.8, 4) is 11.1 Å². The maximum Gasteiger partial charge on any atom is 0.373 e. The number of aromatic nitrogens is 1. The molecule has 1 N–H and O–H groups in total. The van der Waals surface area contributed by atoms with Crippen LogP contribution in [0.5, 0.6) is 0 Å². The zero-order valence-corrected chi connectivity index (χ0v) is 15.1. The summed E-state index contributed by atoms with van der Waals surface area (Å²) < 4.78 is 0. The van der Waals surface area contributed by atoms with Gasteiger partial charge in [0, 0.05) is 29.5 Å². The van der Waals surface area contributed by atoms with Crippen LogP contribution in [0.1, 0.15) is 12.0 Å². The Kier molecular flexibility index (Phi) is 7.92. The van der Waals surface area contributed by atoms with Gasteiger partial charge in [-0.05, 0) is 47.4 Å². The number of nitrogens with zero attached hydrogens (tertiary/aromatic N) is 1. The second kappa shape index (κ2) is 10.7. The molecule has 0 spiro atoms. The van der Waals surface area contributed by atoms with Crippen molar-refractivity contribution in [2.24, 2.45) is 0 Å². The van der Waals surface area contributed by atoms with E-state index < -0.39 is 0 Å². The van der Waals surface area contributed by atoms with E-state index in [9.17, 15) is 4.79 Å². The normalized spacial score (nSPS) is 9.52. The summed E-state index contributed by atoms with van der Waals surface area (Å²) in [5.74, 6) is -0.0240. The van der Waals surface area contributed by atoms with Gasteiger partial charge in [-0.2, -0.15) is 9.59 Å². The average Bonchev–Trinajstić information content (AvgIpc) is 2.68. The molecule has 1 heterocycles. The number of pyridine rings is 1. The van der Waals surface area contributed by atoms with Crippen LogP contribution in [-0.2, 0) is 20.8 Å². The highest BCUT2D eigenvalue weighted by molar-refractivity contribution is 6.30. The summed E-state index contributed by atoms with van der Waals surface area (Å²) in [6.45, 7) is 0. The van der Waals surface area contributed by atoms with Crippen LogP contribution in [0.25, 0.3) is 11.1 Å². The molecule has 0 fully saturated rings. The standard InChI is InChI=1S/C20H17ClN2O.CO2/c21-18-7-2-8-19(13-18)23-20(24)10-9-15-4-1-5-16(12-15)17-6-3-11-22-14-17;2-1-3/h1-8,11-14H,9-10H2,(H,23,24);. The second-order valence-corrected chi connectivity index (χ2v) is 6.02. The molecule has 0 aliphatic heterocycles. The molecule has 3 aromatic rings. The fraction of sp³-hybridized carbons (Fsp3) is 0.0952. The van der Waals surface area contributed by atoms with Gasteiger partial charge in [-0.3, -0.25) is 9.78 Å². The molecule has 0 atom stereocenters. The molecule has 3 rings (SSSR count). The van der Waals surface area contributed by atoms with Gasteiger partial charge in [0.1, 0.15) is 0 Å². The van der Waals surface area contributed by atoms with E-state index in [0.717, 1.165) is 22.4 Å². The molecule has 0 saturated carbocycles. The number of hydrogen-bond donors (Lipinski definition) is 1. The van der Waals surface area contributed by atoms with Crippen LogP contribution in [0.3, 0.4) is 0 Å². The number of carbonyl (C=O) groups is 1. The number of carbonyl (C=O) groups excluding carboxylic acids is 3. The van der Waals surface area contributed by atoms with E-state index in [-0.39, 0.29) is 12.1 Å². The van der Waals surface area contributed by atoms with Gasteiger partial charge in [0.2, 0.25) is 5.91 Å². The zero-order chi connectivity index (χ0) is 19.5. The maximum absolute atomic E-state index is 12.1. The van der Waals surface area contributed by atoms with Crippen molar-refractivity contribution in [2.45, 2.75) is 12.8 Å². The summed E-state index contributed by atoms with van der Waals surface area (Å²) in [6, 6.07) is 19.3. The van der Waals surface area contributed by atoms with Gasteiger partial charge >= 0.3 is 6.15 Å². The largest absolute Gasteiger partial charge is 0.373 e. The van der Waals surface area contributed by atoms with Gasteiger partial charge < -0.3 is 5.32 Å². The molecule has 136 valence electrons. The van der Waals surface area contributed by atoms with Gasteiger partial charge in [-0.1, -0.05) is 48.0 Å². The van der Waals surface area contributed by atoms with Crippen LogP contribution in [0.4, 0.5) is 5.69 Å². The van der Waals surface area contributed by atoms with Crippen molar-refractivity contribution in [3.63, 3.8) is 0 Å². The predicted octanol–water partition coefficient (Wildman–Crippen LogP) is 4.39. The van der Waals surface area contributed by atoms with E-state index in [0.29, 0.717) is 17.9 Å². The molecular formula is C21H17ClN2O3. The zero-order valence-electron chi connectivity index (χ0n) is 14.4. The summed E-state index contributed by atoms with van der Waals surface area (Å²) >= 11 is 5.92. The monoisotopic (exact) mass is 380 g/mol. The van der Waals surface area contributed by atoms with E-state index in [1.807, 2.05) is 48.7 Å². The Balaban J connectivity index is 0.000000817. The molecule has 0 saturated heterocycles. The SMILES string of the molecule is O=C(CCc1cccc(-c2cccnc2)c1)Nc1cccc(Cl)c1.O=C=O. The first-order valence-corrected chi connectivity index (χ1v) is 8.54. The first-order chi connectivity index (χ1) is 13.1. The van der Waals surface area contributed by atoms with Crippen molar-refractivity contribution >= 4 is 29.3 Å². The Hall–Kier alpha value is -3.27. The van der Waals surface area contributed by atoms with E-state index in [2.05, 4.69) is 16.4 Å². The van der Waals surface area contributed by atoms with Crippen LogP contribution in [-0.4, -0.2) is 17.0 Å². The van der Waals surface area contributed by atoms with E-state index in [1.165, 1.54) is 0 Å². The van der Waals surface area contributed by atoms with Crippen LogP contribution in [0, 0.1) is 0 Å². The maximum atomic E-state index is 12.1. The highest BCUT2D eigenvalue weighted by Crippen LogP contribution is 2.20. The third-order valence-corrected chi connectivity index (χ3v) is 3.91. The summed E-state index contributed by atoms with van der Waals surface area (Å²) in [6.07, 6.45) is 4.95. The first-order valence-electron chi connectivity index (χ1n) is 8.16. The first kappa shape index (κ1) is 20.0. The molecular weight excluding hydrogens is 364 g/mol. The fourth-order valence-electron chi connectivity index (χ4n) is 2.49. The Labute approximate surface area is 162 Å². The quantitative estimate of drug-likeness (QED) is 0.712. The van der Waals surface area contributed by atoms with Gasteiger partial charge in [0.15, 0.2) is 0 Å². The van der Waals surface area contributed by atoms with E-state index in [4.69, 9.17) is 21.2 Å². The molecule has 1 amide bonds. The molecule has 0 unspecified atom stereocenters. The molecule has 5 nitrogen and oxygen atoms in total. The summed E-state index contributed by atoms with van der Waals surface area (Å²) in [5.41, 5.74) is 4.02. The molecule has 27 heavy (non-hydrogen) atoms. The van der Waals surface area contributed by atoms with Gasteiger partial charge in [0.05, 0.1) is 0 Å². The lowest BCUT2D eigenvalue weighted by Crippen LogP contribution is -2.12. The minimum atomic E-state index is -0.0240. The molecule has 1 aromatic heterocycles. The number of nitrogens with one attached hydrogen (secondary N) is 1. The van der Waals surface area contributed by atoms with Crippen molar-refractivity contribution in [2.75, 3.05) is 5.32 Å². The topological polar surface area (TPSA) is 76.1 Å². The number of amides is 1. The third kappa shape index (κ3) is 6.86. The molecule has 2 aromatic carbocycles. The number of hydrogen-bond acceptors (Lipinski definition) is 4. The number of halogens is 1. The van der Waals surface area contributed by atoms with Crippen molar-refractivity contribution in [1.82, 2.24) is 4.98 Å². The molecule has 0 bridgehead atoms. The van der Waals surface area contributed by atoms with Crippen molar-refractivity contribution in [1.29, 1.82) is 0 Å². The third-order valence-electron chi connectivity index (χ3n) is 3.67. The van der Waals surface area contributed by atoms with Gasteiger partial charge in [-0.25, -0.2) is 0 Å². The highest BCUT2D eigenvalue weighted by Gasteiger charge is 2.05. The number of aryl methyl sites for hydroxylation is 1. The van der Waals surface area contributed by atoms with Gasteiger partial charge in [0.25, 0.3) is 0 Å². The van der Waals surface area contributed by atoms with Gasteiger partial charge in [-0.15, -0.1) is 0 Å². The van der Waals surface area contributed by atoms with Crippen molar-refractivity contribution < 1.29 is 14.4 Å². The van der Waals surface area contributed by atoms with Crippen LogP contribution in [0.15, 0.2) is 73.1 Å². The number of rotatable bonds is 5. The predicted molar refractivity (Wildman–Crippen MR) is 103 cm³/mol. The lowest BCUT2D eigenvalue weighted by Gasteiger charge is -2.07. The Morgan fingerprint density at radius 2 is 1.74 bits per heavy atom. The minimum absolute atomic E-state index is 0.0240. The Morgan fingerprint density at radius 1 is 1.00 bits per heavy atom. The molecule has 6 heteroatoms. The lowest BCUT2D eigenvalue weighted by molar-refractivity contribution is -0.191. The minimum Gasteiger partial charge on any atom is -0.326 e. The van der Waals surface area contributed by atoms with E-state index >= 15 is 0 Å².